The number of hydrogen-bond acceptors (Lipinski definition) is 4. The Morgan fingerprint density at radius 1 is 1.15 bits per heavy atom. The lowest BCUT2D eigenvalue weighted by molar-refractivity contribution is -0.149. The number of aryl methyl sites for hydroxylation is 2. The Morgan fingerprint density at radius 2 is 1.70 bits per heavy atom. The molecule has 0 saturated heterocycles. The highest BCUT2D eigenvalue weighted by atomic mass is 16.2. The lowest BCUT2D eigenvalue weighted by atomic mass is 10.1. The van der Waals surface area contributed by atoms with Gasteiger partial charge < -0.3 is 11.1 Å². The van der Waals surface area contributed by atoms with Crippen molar-refractivity contribution < 1.29 is 14.4 Å². The largest absolute Gasteiger partial charge is 0.329 e. The molecule has 0 spiro atoms. The first-order valence-corrected chi connectivity index (χ1v) is 6.27. The van der Waals surface area contributed by atoms with Gasteiger partial charge in [-0.1, -0.05) is 6.07 Å². The van der Waals surface area contributed by atoms with E-state index in [9.17, 15) is 14.4 Å². The van der Waals surface area contributed by atoms with E-state index in [2.05, 4.69) is 5.32 Å². The molecule has 0 heterocycles. The molecule has 108 valence electrons. The molecule has 1 aromatic rings. The highest BCUT2D eigenvalue weighted by Gasteiger charge is 2.24. The van der Waals surface area contributed by atoms with Crippen LogP contribution >= 0.6 is 0 Å². The molecule has 1 aromatic carbocycles. The highest BCUT2D eigenvalue weighted by Crippen LogP contribution is 2.13. The number of imide groups is 1. The van der Waals surface area contributed by atoms with Crippen LogP contribution < -0.4 is 11.1 Å². The minimum absolute atomic E-state index is 0.0223. The van der Waals surface area contributed by atoms with Crippen LogP contribution in [0.1, 0.15) is 18.1 Å². The van der Waals surface area contributed by atoms with Gasteiger partial charge in [0.1, 0.15) is 0 Å². The number of rotatable bonds is 3. The van der Waals surface area contributed by atoms with Crippen molar-refractivity contribution in [1.29, 1.82) is 0 Å². The minimum atomic E-state index is -0.901. The summed E-state index contributed by atoms with van der Waals surface area (Å²) in [4.78, 5) is 35.9. The van der Waals surface area contributed by atoms with Gasteiger partial charge in [0.2, 0.25) is 5.91 Å². The summed E-state index contributed by atoms with van der Waals surface area (Å²) in [6, 6.07) is 5.45. The van der Waals surface area contributed by atoms with Gasteiger partial charge in [-0.05, 0) is 37.1 Å². The van der Waals surface area contributed by atoms with Crippen LogP contribution in [-0.4, -0.2) is 35.7 Å². The second-order valence-electron chi connectivity index (χ2n) is 4.59. The molecular formula is C14H19N3O3. The van der Waals surface area contributed by atoms with Crippen molar-refractivity contribution in [2.24, 2.45) is 5.73 Å². The molecule has 3 N–H and O–H groups in total. The predicted octanol–water partition coefficient (Wildman–Crippen LogP) is 0.576. The standard InChI is InChI=1S/C14H19N3O3/c1-9-6-10(2)8-12(7-9)16-13(19)14(20)17(5-4-15)11(3)18/h6-8H,4-5,15H2,1-3H3,(H,16,19). The summed E-state index contributed by atoms with van der Waals surface area (Å²) >= 11 is 0. The summed E-state index contributed by atoms with van der Waals surface area (Å²) in [6.07, 6.45) is 0. The molecule has 0 aliphatic rings. The second-order valence-corrected chi connectivity index (χ2v) is 4.59. The van der Waals surface area contributed by atoms with Crippen molar-refractivity contribution >= 4 is 23.4 Å². The van der Waals surface area contributed by atoms with Gasteiger partial charge in [0.15, 0.2) is 0 Å². The number of carbonyl (C=O) groups excluding carboxylic acids is 3. The lowest BCUT2D eigenvalue weighted by Gasteiger charge is -2.17. The zero-order valence-electron chi connectivity index (χ0n) is 11.9. The molecule has 0 radical (unpaired) electrons. The normalized spacial score (nSPS) is 10.0. The number of hydrogen-bond donors (Lipinski definition) is 2. The molecule has 0 bridgehead atoms. The van der Waals surface area contributed by atoms with Gasteiger partial charge in [-0.2, -0.15) is 0 Å². The molecule has 0 unspecified atom stereocenters. The average Bonchev–Trinajstić information content (AvgIpc) is 2.33. The van der Waals surface area contributed by atoms with E-state index in [1.54, 1.807) is 12.1 Å². The summed E-state index contributed by atoms with van der Waals surface area (Å²) in [5.74, 6) is -2.25. The maximum absolute atomic E-state index is 11.9. The second kappa shape index (κ2) is 6.81. The average molecular weight is 277 g/mol. The Hall–Kier alpha value is -2.21. The maximum Gasteiger partial charge on any atom is 0.318 e. The van der Waals surface area contributed by atoms with Gasteiger partial charge in [0.05, 0.1) is 0 Å². The van der Waals surface area contributed by atoms with Crippen LogP contribution in [-0.2, 0) is 14.4 Å². The van der Waals surface area contributed by atoms with Crippen molar-refractivity contribution in [3.05, 3.63) is 29.3 Å². The lowest BCUT2D eigenvalue weighted by Crippen LogP contribution is -2.44. The van der Waals surface area contributed by atoms with E-state index in [-0.39, 0.29) is 13.1 Å². The number of nitrogens with two attached hydrogens (primary N) is 1. The van der Waals surface area contributed by atoms with Gasteiger partial charge in [0.25, 0.3) is 0 Å². The number of amides is 3. The zero-order valence-corrected chi connectivity index (χ0v) is 11.9. The third-order valence-corrected chi connectivity index (χ3v) is 2.65. The Kier molecular flexibility index (Phi) is 5.40. The molecule has 0 aliphatic carbocycles. The van der Waals surface area contributed by atoms with E-state index in [0.29, 0.717) is 5.69 Å². The van der Waals surface area contributed by atoms with Gasteiger partial charge in [-0.25, -0.2) is 0 Å². The summed E-state index contributed by atoms with van der Waals surface area (Å²) in [5.41, 5.74) is 7.79. The Labute approximate surface area is 117 Å². The SMILES string of the molecule is CC(=O)N(CCN)C(=O)C(=O)Nc1cc(C)cc(C)c1. The molecule has 6 nitrogen and oxygen atoms in total. The molecule has 0 aromatic heterocycles. The minimum Gasteiger partial charge on any atom is -0.329 e. The number of anilines is 1. The molecule has 1 rings (SSSR count). The first-order valence-electron chi connectivity index (χ1n) is 6.27. The number of nitrogens with one attached hydrogen (secondary N) is 1. The van der Waals surface area contributed by atoms with E-state index in [1.807, 2.05) is 19.9 Å². The third kappa shape index (κ3) is 4.17. The van der Waals surface area contributed by atoms with Crippen LogP contribution in [0.3, 0.4) is 0 Å². The molecule has 0 atom stereocenters. The zero-order chi connectivity index (χ0) is 15.3. The van der Waals surface area contributed by atoms with Gasteiger partial charge in [0, 0.05) is 25.7 Å². The summed E-state index contributed by atoms with van der Waals surface area (Å²) < 4.78 is 0. The van der Waals surface area contributed by atoms with E-state index < -0.39 is 17.7 Å². The van der Waals surface area contributed by atoms with Crippen LogP contribution in [0.2, 0.25) is 0 Å². The first kappa shape index (κ1) is 15.8. The smallest absolute Gasteiger partial charge is 0.318 e. The van der Waals surface area contributed by atoms with Crippen molar-refractivity contribution in [1.82, 2.24) is 4.90 Å². The molecule has 6 heteroatoms. The molecule has 0 fully saturated rings. The van der Waals surface area contributed by atoms with E-state index in [1.165, 1.54) is 6.92 Å². The van der Waals surface area contributed by atoms with Crippen LogP contribution in [0.4, 0.5) is 5.69 Å². The number of carbonyl (C=O) groups is 3. The summed E-state index contributed by atoms with van der Waals surface area (Å²) in [7, 11) is 0. The number of benzene rings is 1. The monoisotopic (exact) mass is 277 g/mol. The van der Waals surface area contributed by atoms with Crippen molar-refractivity contribution in [2.75, 3.05) is 18.4 Å². The van der Waals surface area contributed by atoms with Crippen molar-refractivity contribution in [2.45, 2.75) is 20.8 Å². The summed E-state index contributed by atoms with van der Waals surface area (Å²) in [5, 5.41) is 2.49. The fourth-order valence-corrected chi connectivity index (χ4v) is 1.89. The molecular weight excluding hydrogens is 258 g/mol. The fourth-order valence-electron chi connectivity index (χ4n) is 1.89. The predicted molar refractivity (Wildman–Crippen MR) is 76.0 cm³/mol. The van der Waals surface area contributed by atoms with Crippen LogP contribution in [0.25, 0.3) is 0 Å². The Morgan fingerprint density at radius 3 is 2.15 bits per heavy atom. The maximum atomic E-state index is 11.9. The van der Waals surface area contributed by atoms with Crippen molar-refractivity contribution in [3.63, 3.8) is 0 Å². The Balaban J connectivity index is 2.84. The third-order valence-electron chi connectivity index (χ3n) is 2.65. The van der Waals surface area contributed by atoms with Crippen molar-refractivity contribution in [3.8, 4) is 0 Å². The molecule has 3 amide bonds. The van der Waals surface area contributed by atoms with Crippen LogP contribution in [0.15, 0.2) is 18.2 Å². The van der Waals surface area contributed by atoms with E-state index in [0.717, 1.165) is 16.0 Å². The topological polar surface area (TPSA) is 92.5 Å². The van der Waals surface area contributed by atoms with E-state index >= 15 is 0 Å². The van der Waals surface area contributed by atoms with E-state index in [4.69, 9.17) is 5.73 Å². The highest BCUT2D eigenvalue weighted by molar-refractivity contribution is 6.41. The quantitative estimate of drug-likeness (QED) is 0.790. The Bertz CT molecular complexity index is 520. The van der Waals surface area contributed by atoms with Gasteiger partial charge >= 0.3 is 11.8 Å². The molecule has 20 heavy (non-hydrogen) atoms. The van der Waals surface area contributed by atoms with Crippen LogP contribution in [0.5, 0.6) is 0 Å². The van der Waals surface area contributed by atoms with Gasteiger partial charge in [-0.15, -0.1) is 0 Å². The molecule has 0 saturated carbocycles. The van der Waals surface area contributed by atoms with Crippen LogP contribution in [0, 0.1) is 13.8 Å². The first-order chi connectivity index (χ1) is 9.35. The summed E-state index contributed by atoms with van der Waals surface area (Å²) in [6.45, 7) is 5.13. The van der Waals surface area contributed by atoms with Gasteiger partial charge in [-0.3, -0.25) is 19.3 Å². The number of nitrogens with zero attached hydrogens (tertiary/aromatic N) is 1. The fraction of sp³-hybridized carbons (Fsp3) is 0.357. The molecule has 0 aliphatic heterocycles.